The summed E-state index contributed by atoms with van der Waals surface area (Å²) < 4.78 is 5.58. The van der Waals surface area contributed by atoms with Crippen LogP contribution in [0.25, 0.3) is 11.0 Å². The van der Waals surface area contributed by atoms with Gasteiger partial charge in [-0.1, -0.05) is 32.4 Å². The maximum Gasteiger partial charge on any atom is 0.198 e. The molecule has 1 aromatic heterocycles. The molecule has 1 aromatic carbocycles. The van der Waals surface area contributed by atoms with E-state index in [0.717, 1.165) is 11.0 Å². The van der Waals surface area contributed by atoms with Crippen LogP contribution in [0, 0.1) is 12.3 Å². The highest BCUT2D eigenvalue weighted by Gasteiger charge is 2.20. The summed E-state index contributed by atoms with van der Waals surface area (Å²) in [7, 11) is 0. The maximum atomic E-state index is 12.0. The van der Waals surface area contributed by atoms with Gasteiger partial charge in [-0.15, -0.1) is 0 Å². The number of aryl methyl sites for hydroxylation is 1. The fraction of sp³-hybridized carbons (Fsp3) is 0.400. The van der Waals surface area contributed by atoms with Crippen LogP contribution in [0.4, 0.5) is 0 Å². The lowest BCUT2D eigenvalue weighted by atomic mass is 9.89. The van der Waals surface area contributed by atoms with Gasteiger partial charge in [-0.25, -0.2) is 0 Å². The van der Waals surface area contributed by atoms with Gasteiger partial charge in [-0.2, -0.15) is 0 Å². The summed E-state index contributed by atoms with van der Waals surface area (Å²) in [5, 5.41) is 1.00. The van der Waals surface area contributed by atoms with Gasteiger partial charge in [-0.3, -0.25) is 4.79 Å². The van der Waals surface area contributed by atoms with Crippen molar-refractivity contribution in [1.29, 1.82) is 0 Å². The van der Waals surface area contributed by atoms with E-state index in [0.29, 0.717) is 12.2 Å². The summed E-state index contributed by atoms with van der Waals surface area (Å²) in [6.45, 7) is 8.19. The molecule has 0 aliphatic carbocycles. The minimum absolute atomic E-state index is 0.00796. The van der Waals surface area contributed by atoms with Crippen molar-refractivity contribution in [3.63, 3.8) is 0 Å². The fourth-order valence-corrected chi connectivity index (χ4v) is 1.87. The van der Waals surface area contributed by atoms with E-state index in [2.05, 4.69) is 20.8 Å². The van der Waals surface area contributed by atoms with Crippen LogP contribution in [0.2, 0.25) is 0 Å². The Hall–Kier alpha value is -1.57. The van der Waals surface area contributed by atoms with Gasteiger partial charge in [0.1, 0.15) is 5.58 Å². The van der Waals surface area contributed by atoms with Crippen LogP contribution in [0.3, 0.4) is 0 Å². The van der Waals surface area contributed by atoms with E-state index in [-0.39, 0.29) is 11.2 Å². The summed E-state index contributed by atoms with van der Waals surface area (Å²) >= 11 is 0. The van der Waals surface area contributed by atoms with Crippen molar-refractivity contribution < 1.29 is 9.21 Å². The zero-order valence-corrected chi connectivity index (χ0v) is 10.8. The van der Waals surface area contributed by atoms with Crippen molar-refractivity contribution in [3.8, 4) is 0 Å². The average Bonchev–Trinajstić information content (AvgIpc) is 2.57. The highest BCUT2D eigenvalue weighted by atomic mass is 16.3. The Bertz CT molecular complexity index is 556. The number of carbonyl (C=O) groups is 1. The van der Waals surface area contributed by atoms with Gasteiger partial charge in [-0.05, 0) is 30.5 Å². The molecule has 2 aromatic rings. The van der Waals surface area contributed by atoms with Gasteiger partial charge in [0.05, 0.1) is 0 Å². The molecule has 2 heteroatoms. The number of fused-ring (bicyclic) bond motifs is 1. The lowest BCUT2D eigenvalue weighted by Crippen LogP contribution is -2.12. The van der Waals surface area contributed by atoms with Crippen molar-refractivity contribution in [2.75, 3.05) is 0 Å². The Morgan fingerprint density at radius 2 is 1.94 bits per heavy atom. The predicted molar refractivity (Wildman–Crippen MR) is 69.4 cm³/mol. The third kappa shape index (κ3) is 2.76. The number of benzene rings is 1. The van der Waals surface area contributed by atoms with E-state index in [1.54, 1.807) is 0 Å². The molecule has 2 nitrogen and oxygen atoms in total. The summed E-state index contributed by atoms with van der Waals surface area (Å²) in [6, 6.07) is 7.78. The van der Waals surface area contributed by atoms with Crippen LogP contribution >= 0.6 is 0 Å². The van der Waals surface area contributed by atoms with Crippen LogP contribution in [-0.4, -0.2) is 5.78 Å². The Labute approximate surface area is 102 Å². The van der Waals surface area contributed by atoms with Crippen LogP contribution in [0.15, 0.2) is 28.7 Å². The molecule has 0 N–H and O–H groups in total. The highest BCUT2D eigenvalue weighted by molar-refractivity contribution is 5.97. The van der Waals surface area contributed by atoms with Crippen molar-refractivity contribution in [2.24, 2.45) is 5.41 Å². The first-order valence-electron chi connectivity index (χ1n) is 5.88. The molecule has 1 heterocycles. The number of ketones is 1. The topological polar surface area (TPSA) is 30.2 Å². The molecule has 0 fully saturated rings. The molecule has 0 unspecified atom stereocenters. The molecule has 0 saturated carbocycles. The van der Waals surface area contributed by atoms with Gasteiger partial charge in [0, 0.05) is 11.8 Å². The SMILES string of the molecule is Cc1ccc2oc(C(=O)CC(C)(C)C)cc2c1. The Morgan fingerprint density at radius 3 is 2.59 bits per heavy atom. The normalized spacial score (nSPS) is 12.0. The van der Waals surface area contributed by atoms with Crippen molar-refractivity contribution >= 4 is 16.8 Å². The van der Waals surface area contributed by atoms with E-state index in [1.807, 2.05) is 31.2 Å². The molecule has 0 radical (unpaired) electrons. The largest absolute Gasteiger partial charge is 0.453 e. The highest BCUT2D eigenvalue weighted by Crippen LogP contribution is 2.25. The lowest BCUT2D eigenvalue weighted by molar-refractivity contribution is 0.0914. The van der Waals surface area contributed by atoms with Gasteiger partial charge in [0.2, 0.25) is 0 Å². The van der Waals surface area contributed by atoms with Crippen LogP contribution in [-0.2, 0) is 0 Å². The monoisotopic (exact) mass is 230 g/mol. The standard InChI is InChI=1S/C15H18O2/c1-10-5-6-13-11(7-10)8-14(17-13)12(16)9-15(2,3)4/h5-8H,9H2,1-4H3. The lowest BCUT2D eigenvalue weighted by Gasteiger charge is -2.15. The molecule has 0 bridgehead atoms. The second-order valence-electron chi connectivity index (χ2n) is 5.81. The van der Waals surface area contributed by atoms with Gasteiger partial charge < -0.3 is 4.42 Å². The zero-order chi connectivity index (χ0) is 12.6. The molecule has 0 amide bonds. The number of hydrogen-bond donors (Lipinski definition) is 0. The second kappa shape index (κ2) is 4.02. The van der Waals surface area contributed by atoms with Gasteiger partial charge >= 0.3 is 0 Å². The molecule has 0 saturated heterocycles. The first-order chi connectivity index (χ1) is 7.85. The maximum absolute atomic E-state index is 12.0. The van der Waals surface area contributed by atoms with E-state index in [1.165, 1.54) is 5.56 Å². The van der Waals surface area contributed by atoms with Crippen molar-refractivity contribution in [2.45, 2.75) is 34.1 Å². The average molecular weight is 230 g/mol. The zero-order valence-electron chi connectivity index (χ0n) is 10.8. The Balaban J connectivity index is 2.33. The molecule has 90 valence electrons. The molecule has 0 aliphatic rings. The predicted octanol–water partition coefficient (Wildman–Crippen LogP) is 4.36. The third-order valence-corrected chi connectivity index (χ3v) is 2.64. The molecule has 0 aliphatic heterocycles. The van der Waals surface area contributed by atoms with Gasteiger partial charge in [0.25, 0.3) is 0 Å². The first kappa shape index (κ1) is 11.9. The Kier molecular flexibility index (Phi) is 2.82. The molecule has 0 spiro atoms. The number of rotatable bonds is 2. The van der Waals surface area contributed by atoms with Crippen LogP contribution in [0.1, 0.15) is 43.3 Å². The smallest absolute Gasteiger partial charge is 0.198 e. The third-order valence-electron chi connectivity index (χ3n) is 2.64. The molecule has 2 rings (SSSR count). The van der Waals surface area contributed by atoms with Gasteiger partial charge in [0.15, 0.2) is 11.5 Å². The number of hydrogen-bond acceptors (Lipinski definition) is 2. The summed E-state index contributed by atoms with van der Waals surface area (Å²) in [5.74, 6) is 0.548. The molecular formula is C15H18O2. The quantitative estimate of drug-likeness (QED) is 0.717. The summed E-state index contributed by atoms with van der Waals surface area (Å²) in [6.07, 6.45) is 0.506. The van der Waals surface area contributed by atoms with E-state index < -0.39 is 0 Å². The van der Waals surface area contributed by atoms with Crippen LogP contribution < -0.4 is 0 Å². The summed E-state index contributed by atoms with van der Waals surface area (Å²) in [5.41, 5.74) is 1.95. The minimum Gasteiger partial charge on any atom is -0.453 e. The Morgan fingerprint density at radius 1 is 1.24 bits per heavy atom. The van der Waals surface area contributed by atoms with E-state index >= 15 is 0 Å². The first-order valence-corrected chi connectivity index (χ1v) is 5.88. The van der Waals surface area contributed by atoms with Crippen molar-refractivity contribution in [3.05, 3.63) is 35.6 Å². The van der Waals surface area contributed by atoms with Crippen molar-refractivity contribution in [1.82, 2.24) is 0 Å². The second-order valence-corrected chi connectivity index (χ2v) is 5.81. The molecular weight excluding hydrogens is 212 g/mol. The van der Waals surface area contributed by atoms with E-state index in [9.17, 15) is 4.79 Å². The summed E-state index contributed by atoms with van der Waals surface area (Å²) in [4.78, 5) is 12.0. The fourth-order valence-electron chi connectivity index (χ4n) is 1.87. The van der Waals surface area contributed by atoms with E-state index in [4.69, 9.17) is 4.42 Å². The minimum atomic E-state index is -0.00796. The molecule has 0 atom stereocenters. The number of carbonyl (C=O) groups excluding carboxylic acids is 1. The van der Waals surface area contributed by atoms with Crippen LogP contribution in [0.5, 0.6) is 0 Å². The number of Topliss-reactive ketones (excluding diaryl/α,β-unsaturated/α-hetero) is 1. The molecule has 17 heavy (non-hydrogen) atoms. The number of furan rings is 1.